The second kappa shape index (κ2) is 6.03. The topological polar surface area (TPSA) is 58.6 Å². The standard InChI is InChI=1S/C14H11Cl2NO3/c1-20-8-5-6-9(12(18)7-8)14(19)17-13-10(15)3-2-4-11(13)16/h2-7,18H,1H3,(H,17,19). The molecule has 0 aliphatic carbocycles. The molecule has 2 N–H and O–H groups in total. The fraction of sp³-hybridized carbons (Fsp3) is 0.0714. The van der Waals surface area contributed by atoms with Crippen LogP contribution in [0.5, 0.6) is 11.5 Å². The summed E-state index contributed by atoms with van der Waals surface area (Å²) < 4.78 is 4.95. The normalized spacial score (nSPS) is 10.2. The van der Waals surface area contributed by atoms with Crippen molar-refractivity contribution >= 4 is 34.8 Å². The molecule has 0 bridgehead atoms. The van der Waals surface area contributed by atoms with Crippen LogP contribution in [-0.2, 0) is 0 Å². The molecule has 0 saturated carbocycles. The summed E-state index contributed by atoms with van der Waals surface area (Å²) in [6.07, 6.45) is 0. The molecule has 0 saturated heterocycles. The molecule has 4 nitrogen and oxygen atoms in total. The number of carbonyl (C=O) groups excluding carboxylic acids is 1. The van der Waals surface area contributed by atoms with Crippen LogP contribution in [0, 0.1) is 0 Å². The molecule has 2 aromatic carbocycles. The third-order valence-electron chi connectivity index (χ3n) is 2.65. The molecule has 1 amide bonds. The van der Waals surface area contributed by atoms with Crippen LogP contribution < -0.4 is 10.1 Å². The Kier molecular flexibility index (Phi) is 4.37. The van der Waals surface area contributed by atoms with E-state index in [9.17, 15) is 9.90 Å². The summed E-state index contributed by atoms with van der Waals surface area (Å²) in [6, 6.07) is 9.26. The Balaban J connectivity index is 2.29. The molecular weight excluding hydrogens is 301 g/mol. The van der Waals surface area contributed by atoms with Gasteiger partial charge in [-0.3, -0.25) is 4.79 Å². The van der Waals surface area contributed by atoms with Crippen molar-refractivity contribution in [3.8, 4) is 11.5 Å². The highest BCUT2D eigenvalue weighted by Crippen LogP contribution is 2.31. The number of nitrogens with one attached hydrogen (secondary N) is 1. The predicted octanol–water partition coefficient (Wildman–Crippen LogP) is 3.96. The van der Waals surface area contributed by atoms with E-state index in [0.717, 1.165) is 0 Å². The van der Waals surface area contributed by atoms with Gasteiger partial charge < -0.3 is 15.2 Å². The third-order valence-corrected chi connectivity index (χ3v) is 3.28. The zero-order valence-electron chi connectivity index (χ0n) is 10.5. The van der Waals surface area contributed by atoms with Gasteiger partial charge in [0.2, 0.25) is 0 Å². The number of halogens is 2. The molecule has 0 radical (unpaired) electrons. The zero-order chi connectivity index (χ0) is 14.7. The van der Waals surface area contributed by atoms with E-state index in [-0.39, 0.29) is 11.3 Å². The van der Waals surface area contributed by atoms with Crippen LogP contribution in [0.4, 0.5) is 5.69 Å². The minimum Gasteiger partial charge on any atom is -0.507 e. The largest absolute Gasteiger partial charge is 0.507 e. The Morgan fingerprint density at radius 1 is 1.20 bits per heavy atom. The lowest BCUT2D eigenvalue weighted by molar-refractivity contribution is 0.102. The Morgan fingerprint density at radius 3 is 2.40 bits per heavy atom. The number of hydrogen-bond donors (Lipinski definition) is 2. The molecule has 0 atom stereocenters. The van der Waals surface area contributed by atoms with E-state index in [2.05, 4.69) is 5.32 Å². The fourth-order valence-corrected chi connectivity index (χ4v) is 2.12. The van der Waals surface area contributed by atoms with Crippen LogP contribution in [0.2, 0.25) is 10.0 Å². The van der Waals surface area contributed by atoms with Gasteiger partial charge in [-0.05, 0) is 24.3 Å². The van der Waals surface area contributed by atoms with E-state index in [1.807, 2.05) is 0 Å². The van der Waals surface area contributed by atoms with Gasteiger partial charge in [-0.15, -0.1) is 0 Å². The average Bonchev–Trinajstić information content (AvgIpc) is 2.42. The van der Waals surface area contributed by atoms with Gasteiger partial charge in [0.05, 0.1) is 28.4 Å². The molecule has 0 heterocycles. The third kappa shape index (κ3) is 2.98. The van der Waals surface area contributed by atoms with E-state index < -0.39 is 5.91 Å². The number of carbonyl (C=O) groups is 1. The molecule has 104 valence electrons. The van der Waals surface area contributed by atoms with Crippen LogP contribution in [0.3, 0.4) is 0 Å². The van der Waals surface area contributed by atoms with Crippen LogP contribution in [0.1, 0.15) is 10.4 Å². The number of methoxy groups -OCH3 is 1. The van der Waals surface area contributed by atoms with Gasteiger partial charge >= 0.3 is 0 Å². The van der Waals surface area contributed by atoms with Crippen LogP contribution in [0.25, 0.3) is 0 Å². The molecule has 2 rings (SSSR count). The van der Waals surface area contributed by atoms with E-state index in [0.29, 0.717) is 21.5 Å². The van der Waals surface area contributed by atoms with Crippen LogP contribution >= 0.6 is 23.2 Å². The molecule has 0 aromatic heterocycles. The summed E-state index contributed by atoms with van der Waals surface area (Å²) in [5, 5.41) is 13.0. The monoisotopic (exact) mass is 311 g/mol. The van der Waals surface area contributed by atoms with Gasteiger partial charge in [0, 0.05) is 6.07 Å². The van der Waals surface area contributed by atoms with Gasteiger partial charge in [-0.25, -0.2) is 0 Å². The first-order chi connectivity index (χ1) is 9.52. The predicted molar refractivity (Wildman–Crippen MR) is 79.1 cm³/mol. The van der Waals surface area contributed by atoms with Crippen molar-refractivity contribution in [1.29, 1.82) is 0 Å². The van der Waals surface area contributed by atoms with Gasteiger partial charge in [0.25, 0.3) is 5.91 Å². The van der Waals surface area contributed by atoms with Crippen molar-refractivity contribution in [2.24, 2.45) is 0 Å². The number of hydrogen-bond acceptors (Lipinski definition) is 3. The summed E-state index contributed by atoms with van der Waals surface area (Å²) in [4.78, 5) is 12.1. The zero-order valence-corrected chi connectivity index (χ0v) is 12.0. The molecule has 0 unspecified atom stereocenters. The van der Waals surface area contributed by atoms with Crippen LogP contribution in [-0.4, -0.2) is 18.1 Å². The maximum absolute atomic E-state index is 12.1. The number of phenols is 1. The minimum atomic E-state index is -0.514. The highest BCUT2D eigenvalue weighted by Gasteiger charge is 2.15. The van der Waals surface area contributed by atoms with Gasteiger partial charge in [-0.1, -0.05) is 29.3 Å². The van der Waals surface area contributed by atoms with E-state index >= 15 is 0 Å². The second-order valence-electron chi connectivity index (χ2n) is 3.93. The Hall–Kier alpha value is -1.91. The SMILES string of the molecule is COc1ccc(C(=O)Nc2c(Cl)cccc2Cl)c(O)c1. The molecule has 6 heteroatoms. The van der Waals surface area contributed by atoms with E-state index in [1.54, 1.807) is 24.3 Å². The molecule has 0 fully saturated rings. The first-order valence-electron chi connectivity index (χ1n) is 5.65. The summed E-state index contributed by atoms with van der Waals surface area (Å²) in [6.45, 7) is 0. The molecular formula is C14H11Cl2NO3. The molecule has 0 aliphatic rings. The molecule has 0 spiro atoms. The molecule has 20 heavy (non-hydrogen) atoms. The van der Waals surface area contributed by atoms with Gasteiger partial charge in [-0.2, -0.15) is 0 Å². The van der Waals surface area contributed by atoms with Crippen molar-refractivity contribution in [2.75, 3.05) is 12.4 Å². The lowest BCUT2D eigenvalue weighted by Crippen LogP contribution is -2.12. The summed E-state index contributed by atoms with van der Waals surface area (Å²) in [7, 11) is 1.47. The average molecular weight is 312 g/mol. The van der Waals surface area contributed by atoms with Gasteiger partial charge in [0.15, 0.2) is 0 Å². The van der Waals surface area contributed by atoms with Crippen molar-refractivity contribution in [3.05, 3.63) is 52.0 Å². The maximum Gasteiger partial charge on any atom is 0.259 e. The van der Waals surface area contributed by atoms with Crippen LogP contribution in [0.15, 0.2) is 36.4 Å². The second-order valence-corrected chi connectivity index (χ2v) is 4.75. The minimum absolute atomic E-state index is 0.0989. The number of aromatic hydroxyl groups is 1. The summed E-state index contributed by atoms with van der Waals surface area (Å²) >= 11 is 11.9. The smallest absolute Gasteiger partial charge is 0.259 e. The number of benzene rings is 2. The number of anilines is 1. The first-order valence-corrected chi connectivity index (χ1v) is 6.41. The Labute approximate surface area is 125 Å². The van der Waals surface area contributed by atoms with Gasteiger partial charge in [0.1, 0.15) is 11.5 Å². The molecule has 2 aromatic rings. The number of ether oxygens (including phenoxy) is 1. The van der Waals surface area contributed by atoms with Crippen molar-refractivity contribution < 1.29 is 14.6 Å². The Morgan fingerprint density at radius 2 is 1.85 bits per heavy atom. The number of rotatable bonds is 3. The quantitative estimate of drug-likeness (QED) is 0.902. The highest BCUT2D eigenvalue weighted by atomic mass is 35.5. The van der Waals surface area contributed by atoms with E-state index in [4.69, 9.17) is 27.9 Å². The van der Waals surface area contributed by atoms with Crippen molar-refractivity contribution in [3.63, 3.8) is 0 Å². The number of amides is 1. The van der Waals surface area contributed by atoms with Crippen molar-refractivity contribution in [2.45, 2.75) is 0 Å². The lowest BCUT2D eigenvalue weighted by atomic mass is 10.1. The fourth-order valence-electron chi connectivity index (χ4n) is 1.63. The Bertz CT molecular complexity index is 639. The lowest BCUT2D eigenvalue weighted by Gasteiger charge is -2.10. The highest BCUT2D eigenvalue weighted by molar-refractivity contribution is 6.40. The maximum atomic E-state index is 12.1. The molecule has 0 aliphatic heterocycles. The summed E-state index contributed by atoms with van der Waals surface area (Å²) in [5.74, 6) is -0.250. The first kappa shape index (κ1) is 14.5. The number of phenolic OH excluding ortho intramolecular Hbond substituents is 1. The van der Waals surface area contributed by atoms with Crippen molar-refractivity contribution in [1.82, 2.24) is 0 Å². The number of para-hydroxylation sites is 1. The van der Waals surface area contributed by atoms with E-state index in [1.165, 1.54) is 19.2 Å². The summed E-state index contributed by atoms with van der Waals surface area (Å²) in [5.41, 5.74) is 0.401.